The van der Waals surface area contributed by atoms with E-state index in [0.717, 1.165) is 73.9 Å². The van der Waals surface area contributed by atoms with Gasteiger partial charge in [0.1, 0.15) is 17.8 Å². The number of nitrogens with zero attached hydrogens (tertiary/aromatic N) is 4. The minimum atomic E-state index is -0.320. The molecule has 1 atom stereocenters. The number of para-hydroxylation sites is 2. The third-order valence-electron chi connectivity index (χ3n) is 6.22. The summed E-state index contributed by atoms with van der Waals surface area (Å²) in [4.78, 5) is 16.8. The predicted molar refractivity (Wildman–Crippen MR) is 120 cm³/mol. The first-order valence-electron chi connectivity index (χ1n) is 10.6. The van der Waals surface area contributed by atoms with Crippen molar-refractivity contribution in [2.75, 3.05) is 61.1 Å². The lowest BCUT2D eigenvalue weighted by Gasteiger charge is -2.32. The van der Waals surface area contributed by atoms with Crippen LogP contribution in [0.1, 0.15) is 12.0 Å². The SMILES string of the molecule is Cc1c[nH]c2ncnc(N3CCC(N)(CNc4ccccc4N4CCOCC4)C3)c12. The average molecular weight is 408 g/mol. The third-order valence-corrected chi connectivity index (χ3v) is 6.22. The highest BCUT2D eigenvalue weighted by Crippen LogP contribution is 2.32. The summed E-state index contributed by atoms with van der Waals surface area (Å²) >= 11 is 0. The van der Waals surface area contributed by atoms with Crippen LogP contribution in [0, 0.1) is 6.92 Å². The van der Waals surface area contributed by atoms with Crippen LogP contribution in [0.25, 0.3) is 11.0 Å². The molecule has 4 N–H and O–H groups in total. The van der Waals surface area contributed by atoms with Crippen LogP contribution in [-0.4, -0.2) is 66.4 Å². The number of fused-ring (bicyclic) bond motifs is 1. The Morgan fingerprint density at radius 1 is 1.17 bits per heavy atom. The molecule has 0 bridgehead atoms. The molecule has 1 unspecified atom stereocenters. The van der Waals surface area contributed by atoms with Gasteiger partial charge in [-0.2, -0.15) is 0 Å². The summed E-state index contributed by atoms with van der Waals surface area (Å²) in [7, 11) is 0. The van der Waals surface area contributed by atoms with Crippen molar-refractivity contribution in [2.45, 2.75) is 18.9 Å². The van der Waals surface area contributed by atoms with Crippen LogP contribution in [0.2, 0.25) is 0 Å². The largest absolute Gasteiger partial charge is 0.381 e. The number of rotatable bonds is 5. The molecular weight excluding hydrogens is 378 g/mol. The van der Waals surface area contributed by atoms with Crippen LogP contribution in [0.5, 0.6) is 0 Å². The number of benzene rings is 1. The molecular formula is C22H29N7O. The monoisotopic (exact) mass is 407 g/mol. The molecule has 0 spiro atoms. The molecule has 0 amide bonds. The summed E-state index contributed by atoms with van der Waals surface area (Å²) in [5, 5.41) is 4.73. The van der Waals surface area contributed by atoms with Gasteiger partial charge in [0.15, 0.2) is 0 Å². The first kappa shape index (κ1) is 19.1. The van der Waals surface area contributed by atoms with E-state index < -0.39 is 0 Å². The van der Waals surface area contributed by atoms with Gasteiger partial charge >= 0.3 is 0 Å². The highest BCUT2D eigenvalue weighted by Gasteiger charge is 2.36. The van der Waals surface area contributed by atoms with Gasteiger partial charge in [0, 0.05) is 38.9 Å². The molecule has 2 fully saturated rings. The molecule has 30 heavy (non-hydrogen) atoms. The Kier molecular flexibility index (Phi) is 4.96. The Bertz CT molecular complexity index is 1030. The van der Waals surface area contributed by atoms with Crippen LogP contribution in [0.3, 0.4) is 0 Å². The van der Waals surface area contributed by atoms with Gasteiger partial charge in [-0.25, -0.2) is 9.97 Å². The van der Waals surface area contributed by atoms with Crippen LogP contribution < -0.4 is 20.9 Å². The fourth-order valence-corrected chi connectivity index (χ4v) is 4.53. The third kappa shape index (κ3) is 3.57. The lowest BCUT2D eigenvalue weighted by Crippen LogP contribution is -2.49. The summed E-state index contributed by atoms with van der Waals surface area (Å²) in [6, 6.07) is 8.47. The van der Waals surface area contributed by atoms with E-state index in [2.05, 4.69) is 61.3 Å². The molecule has 1 aromatic carbocycles. The zero-order valence-electron chi connectivity index (χ0n) is 17.4. The fourth-order valence-electron chi connectivity index (χ4n) is 4.53. The highest BCUT2D eigenvalue weighted by molar-refractivity contribution is 5.90. The summed E-state index contributed by atoms with van der Waals surface area (Å²) in [6.45, 7) is 7.83. The van der Waals surface area contributed by atoms with E-state index in [-0.39, 0.29) is 5.54 Å². The maximum Gasteiger partial charge on any atom is 0.143 e. The number of nitrogens with one attached hydrogen (secondary N) is 2. The van der Waals surface area contributed by atoms with E-state index in [1.54, 1.807) is 6.33 Å². The molecule has 4 heterocycles. The fraction of sp³-hybridized carbons (Fsp3) is 0.455. The summed E-state index contributed by atoms with van der Waals surface area (Å²) < 4.78 is 5.51. The van der Waals surface area contributed by atoms with Crippen LogP contribution in [0.4, 0.5) is 17.2 Å². The maximum absolute atomic E-state index is 6.83. The van der Waals surface area contributed by atoms with Crippen molar-refractivity contribution in [2.24, 2.45) is 5.73 Å². The number of hydrogen-bond donors (Lipinski definition) is 3. The number of hydrogen-bond acceptors (Lipinski definition) is 7. The summed E-state index contributed by atoms with van der Waals surface area (Å²) in [6.07, 6.45) is 4.52. The number of anilines is 3. The topological polar surface area (TPSA) is 95.3 Å². The molecule has 0 saturated carbocycles. The Labute approximate surface area is 176 Å². The second-order valence-electron chi connectivity index (χ2n) is 8.40. The molecule has 5 rings (SSSR count). The van der Waals surface area contributed by atoms with E-state index in [1.807, 2.05) is 6.20 Å². The molecule has 2 aliphatic rings. The van der Waals surface area contributed by atoms with E-state index in [4.69, 9.17) is 10.5 Å². The van der Waals surface area contributed by atoms with Crippen molar-refractivity contribution < 1.29 is 4.74 Å². The number of nitrogens with two attached hydrogens (primary N) is 1. The maximum atomic E-state index is 6.83. The minimum Gasteiger partial charge on any atom is -0.381 e. The number of aromatic nitrogens is 3. The minimum absolute atomic E-state index is 0.320. The second-order valence-corrected chi connectivity index (χ2v) is 8.40. The van der Waals surface area contributed by atoms with Crippen molar-refractivity contribution in [3.05, 3.63) is 42.4 Å². The Morgan fingerprint density at radius 2 is 2.00 bits per heavy atom. The van der Waals surface area contributed by atoms with Gasteiger partial charge in [0.2, 0.25) is 0 Å². The van der Waals surface area contributed by atoms with Crippen molar-refractivity contribution in [1.29, 1.82) is 0 Å². The molecule has 3 aromatic rings. The van der Waals surface area contributed by atoms with Crippen molar-refractivity contribution in [3.63, 3.8) is 0 Å². The van der Waals surface area contributed by atoms with Crippen molar-refractivity contribution >= 4 is 28.2 Å². The Hall–Kier alpha value is -2.84. The van der Waals surface area contributed by atoms with Gasteiger partial charge < -0.3 is 30.6 Å². The Morgan fingerprint density at radius 3 is 2.87 bits per heavy atom. The van der Waals surface area contributed by atoms with Gasteiger partial charge in [-0.3, -0.25) is 0 Å². The van der Waals surface area contributed by atoms with Crippen molar-refractivity contribution in [3.8, 4) is 0 Å². The molecule has 158 valence electrons. The lowest BCUT2D eigenvalue weighted by molar-refractivity contribution is 0.123. The van der Waals surface area contributed by atoms with E-state index in [0.29, 0.717) is 6.54 Å². The van der Waals surface area contributed by atoms with Gasteiger partial charge in [0.25, 0.3) is 0 Å². The number of ether oxygens (including phenoxy) is 1. The number of morpholine rings is 1. The van der Waals surface area contributed by atoms with Crippen LogP contribution >= 0.6 is 0 Å². The highest BCUT2D eigenvalue weighted by atomic mass is 16.5. The average Bonchev–Trinajstić information content (AvgIpc) is 3.37. The summed E-state index contributed by atoms with van der Waals surface area (Å²) in [5.41, 5.74) is 10.9. The zero-order chi connectivity index (χ0) is 20.6. The standard InChI is InChI=1S/C22H29N7O/c1-16-12-24-20-19(16)21(27-15-26-20)29-7-6-22(23,14-29)13-25-17-4-2-3-5-18(17)28-8-10-30-11-9-28/h2-5,12,15,25H,6-11,13-14,23H2,1H3,(H,24,26,27). The van der Waals surface area contributed by atoms with Gasteiger partial charge in [-0.15, -0.1) is 0 Å². The molecule has 2 saturated heterocycles. The van der Waals surface area contributed by atoms with E-state index >= 15 is 0 Å². The van der Waals surface area contributed by atoms with Gasteiger partial charge in [-0.05, 0) is 31.0 Å². The Balaban J connectivity index is 1.30. The molecule has 2 aromatic heterocycles. The predicted octanol–water partition coefficient (Wildman–Crippen LogP) is 2.12. The van der Waals surface area contributed by atoms with E-state index in [1.165, 1.54) is 5.69 Å². The molecule has 2 aliphatic heterocycles. The zero-order valence-corrected chi connectivity index (χ0v) is 17.4. The number of aromatic amines is 1. The normalized spacial score (nSPS) is 22.1. The second kappa shape index (κ2) is 7.77. The van der Waals surface area contributed by atoms with Crippen molar-refractivity contribution in [1.82, 2.24) is 15.0 Å². The summed E-state index contributed by atoms with van der Waals surface area (Å²) in [5.74, 6) is 0.972. The van der Waals surface area contributed by atoms with Gasteiger partial charge in [-0.1, -0.05) is 12.1 Å². The molecule has 8 heteroatoms. The first-order valence-corrected chi connectivity index (χ1v) is 10.6. The lowest BCUT2D eigenvalue weighted by atomic mass is 10.00. The number of aryl methyl sites for hydroxylation is 1. The molecule has 8 nitrogen and oxygen atoms in total. The molecule has 0 aliphatic carbocycles. The van der Waals surface area contributed by atoms with Gasteiger partial charge in [0.05, 0.1) is 35.5 Å². The van der Waals surface area contributed by atoms with E-state index in [9.17, 15) is 0 Å². The number of H-pyrrole nitrogens is 1. The first-order chi connectivity index (χ1) is 14.6. The van der Waals surface area contributed by atoms with Crippen LogP contribution in [-0.2, 0) is 4.74 Å². The van der Waals surface area contributed by atoms with Crippen LogP contribution in [0.15, 0.2) is 36.8 Å². The quantitative estimate of drug-likeness (QED) is 0.596. The molecule has 0 radical (unpaired) electrons. The smallest absolute Gasteiger partial charge is 0.143 e.